The van der Waals surface area contributed by atoms with E-state index in [2.05, 4.69) is 31.3 Å². The summed E-state index contributed by atoms with van der Waals surface area (Å²) in [5.41, 5.74) is 6.23. The minimum absolute atomic E-state index is 0.599. The van der Waals surface area contributed by atoms with E-state index in [9.17, 15) is 0 Å². The van der Waals surface area contributed by atoms with Crippen LogP contribution in [0.3, 0.4) is 0 Å². The first kappa shape index (κ1) is 12.2. The van der Waals surface area contributed by atoms with Gasteiger partial charge in [-0.15, -0.1) is 0 Å². The second kappa shape index (κ2) is 5.37. The Kier molecular flexibility index (Phi) is 3.86. The van der Waals surface area contributed by atoms with E-state index in [1.54, 1.807) is 29.3 Å². The van der Waals surface area contributed by atoms with Crippen LogP contribution >= 0.6 is 27.5 Å². The summed E-state index contributed by atoms with van der Waals surface area (Å²) in [4.78, 5) is 4.17. The number of nitrogens with zero attached hydrogens (tertiary/aromatic N) is 3. The van der Waals surface area contributed by atoms with Crippen molar-refractivity contribution in [2.75, 3.05) is 17.6 Å². The number of halogens is 2. The van der Waals surface area contributed by atoms with Crippen molar-refractivity contribution in [3.05, 3.63) is 34.2 Å². The number of rotatable bonds is 4. The van der Waals surface area contributed by atoms with Crippen molar-refractivity contribution in [1.29, 1.82) is 0 Å². The molecule has 0 aliphatic rings. The predicted octanol–water partition coefficient (Wildman–Crippen LogP) is 2.39. The zero-order valence-electron chi connectivity index (χ0n) is 8.90. The molecule has 7 heteroatoms. The van der Waals surface area contributed by atoms with E-state index < -0.39 is 0 Å². The molecule has 0 amide bonds. The summed E-state index contributed by atoms with van der Waals surface area (Å²) in [6.07, 6.45) is 5.00. The molecule has 3 N–H and O–H groups in total. The number of aromatic nitrogens is 3. The summed E-state index contributed by atoms with van der Waals surface area (Å²) >= 11 is 9.19. The maximum Gasteiger partial charge on any atom is 0.140 e. The number of nitrogen functional groups attached to an aromatic ring is 1. The van der Waals surface area contributed by atoms with Gasteiger partial charge in [-0.3, -0.25) is 4.68 Å². The highest BCUT2D eigenvalue weighted by atomic mass is 79.9. The van der Waals surface area contributed by atoms with E-state index in [0.717, 1.165) is 10.3 Å². The summed E-state index contributed by atoms with van der Waals surface area (Å²) in [5, 5.41) is 7.86. The lowest BCUT2D eigenvalue weighted by Crippen LogP contribution is -2.11. The quantitative estimate of drug-likeness (QED) is 0.909. The van der Waals surface area contributed by atoms with Gasteiger partial charge in [0.25, 0.3) is 0 Å². The van der Waals surface area contributed by atoms with Gasteiger partial charge in [0.05, 0.1) is 27.9 Å². The van der Waals surface area contributed by atoms with Gasteiger partial charge >= 0.3 is 0 Å². The topological polar surface area (TPSA) is 68.8 Å². The van der Waals surface area contributed by atoms with Crippen molar-refractivity contribution >= 4 is 39.0 Å². The van der Waals surface area contributed by atoms with Crippen molar-refractivity contribution in [1.82, 2.24) is 14.8 Å². The fourth-order valence-electron chi connectivity index (χ4n) is 1.34. The predicted molar refractivity (Wildman–Crippen MR) is 72.1 cm³/mol. The van der Waals surface area contributed by atoms with Crippen molar-refractivity contribution in [2.24, 2.45) is 0 Å². The molecule has 2 aromatic rings. The number of pyridine rings is 1. The van der Waals surface area contributed by atoms with Crippen LogP contribution in [0.25, 0.3) is 0 Å². The average Bonchev–Trinajstić information content (AvgIpc) is 2.68. The van der Waals surface area contributed by atoms with Crippen LogP contribution < -0.4 is 11.1 Å². The third-order valence-electron chi connectivity index (χ3n) is 2.09. The first-order valence-electron chi connectivity index (χ1n) is 4.98. The van der Waals surface area contributed by atoms with Gasteiger partial charge in [0.1, 0.15) is 5.82 Å². The van der Waals surface area contributed by atoms with E-state index in [1.165, 1.54) is 0 Å². The molecular weight excluding hydrogens is 306 g/mol. The smallest absolute Gasteiger partial charge is 0.140 e. The van der Waals surface area contributed by atoms with Crippen molar-refractivity contribution < 1.29 is 0 Å². The molecule has 90 valence electrons. The summed E-state index contributed by atoms with van der Waals surface area (Å²) < 4.78 is 2.61. The zero-order valence-corrected chi connectivity index (χ0v) is 11.2. The van der Waals surface area contributed by atoms with E-state index >= 15 is 0 Å². The molecule has 0 saturated carbocycles. The number of anilines is 2. The molecule has 17 heavy (non-hydrogen) atoms. The van der Waals surface area contributed by atoms with Crippen LogP contribution in [0.5, 0.6) is 0 Å². The lowest BCUT2D eigenvalue weighted by molar-refractivity contribution is 0.637. The molecular formula is C10H11BrClN5. The van der Waals surface area contributed by atoms with Crippen molar-refractivity contribution in [3.8, 4) is 0 Å². The minimum Gasteiger partial charge on any atom is -0.396 e. The van der Waals surface area contributed by atoms with Crippen LogP contribution in [-0.2, 0) is 6.54 Å². The van der Waals surface area contributed by atoms with E-state index in [0.29, 0.717) is 23.8 Å². The number of nitrogens with one attached hydrogen (secondary N) is 1. The lowest BCUT2D eigenvalue weighted by atomic mass is 10.4. The highest BCUT2D eigenvalue weighted by Crippen LogP contribution is 2.22. The molecule has 0 aliphatic heterocycles. The Hall–Kier alpha value is -1.27. The van der Waals surface area contributed by atoms with Gasteiger partial charge in [-0.25, -0.2) is 4.98 Å². The van der Waals surface area contributed by atoms with Gasteiger partial charge < -0.3 is 11.1 Å². The van der Waals surface area contributed by atoms with Crippen LogP contribution in [0.4, 0.5) is 11.5 Å². The Bertz CT molecular complexity index is 513. The number of hydrogen-bond acceptors (Lipinski definition) is 4. The molecule has 0 fully saturated rings. The van der Waals surface area contributed by atoms with Gasteiger partial charge in [-0.2, -0.15) is 5.10 Å². The Morgan fingerprint density at radius 2 is 2.29 bits per heavy atom. The molecule has 0 saturated heterocycles. The fourth-order valence-corrected chi connectivity index (χ4v) is 2.11. The fraction of sp³-hybridized carbons (Fsp3) is 0.200. The van der Waals surface area contributed by atoms with Crippen LogP contribution in [0, 0.1) is 0 Å². The van der Waals surface area contributed by atoms with Crippen LogP contribution in [0.1, 0.15) is 0 Å². The Balaban J connectivity index is 1.90. The molecule has 2 rings (SSSR count). The first-order valence-corrected chi connectivity index (χ1v) is 6.15. The standard InChI is InChI=1S/C10H11BrClN5/c11-9-3-7(12)4-15-10(9)14-1-2-17-6-8(13)5-16-17/h3-6H,1-2,13H2,(H,14,15). The minimum atomic E-state index is 0.599. The SMILES string of the molecule is Nc1cnn(CCNc2ncc(Cl)cc2Br)c1. The third kappa shape index (κ3) is 3.34. The average molecular weight is 317 g/mol. The molecule has 0 radical (unpaired) electrons. The Labute approximate surface area is 112 Å². The third-order valence-corrected chi connectivity index (χ3v) is 2.91. The maximum absolute atomic E-state index is 5.80. The van der Waals surface area contributed by atoms with Gasteiger partial charge in [0.15, 0.2) is 0 Å². The molecule has 0 spiro atoms. The molecule has 0 atom stereocenters. The molecule has 0 aromatic carbocycles. The van der Waals surface area contributed by atoms with Gasteiger partial charge in [0.2, 0.25) is 0 Å². The molecule has 2 aromatic heterocycles. The maximum atomic E-state index is 5.80. The first-order chi connectivity index (χ1) is 8.15. The summed E-state index contributed by atoms with van der Waals surface area (Å²) in [6.45, 7) is 1.42. The normalized spacial score (nSPS) is 10.5. The summed E-state index contributed by atoms with van der Waals surface area (Å²) in [6, 6.07) is 1.79. The van der Waals surface area contributed by atoms with E-state index in [-0.39, 0.29) is 0 Å². The van der Waals surface area contributed by atoms with Crippen LogP contribution in [0.15, 0.2) is 29.1 Å². The van der Waals surface area contributed by atoms with E-state index in [4.69, 9.17) is 17.3 Å². The number of hydrogen-bond donors (Lipinski definition) is 2. The van der Waals surface area contributed by atoms with Gasteiger partial charge in [-0.05, 0) is 22.0 Å². The number of nitrogens with two attached hydrogens (primary N) is 1. The van der Waals surface area contributed by atoms with Gasteiger partial charge in [-0.1, -0.05) is 11.6 Å². The molecule has 0 unspecified atom stereocenters. The summed E-state index contributed by atoms with van der Waals surface area (Å²) in [5.74, 6) is 0.759. The lowest BCUT2D eigenvalue weighted by Gasteiger charge is -2.07. The zero-order chi connectivity index (χ0) is 12.3. The highest BCUT2D eigenvalue weighted by Gasteiger charge is 2.01. The second-order valence-electron chi connectivity index (χ2n) is 3.45. The molecule has 0 bridgehead atoms. The highest BCUT2D eigenvalue weighted by molar-refractivity contribution is 9.10. The Morgan fingerprint density at radius 3 is 2.94 bits per heavy atom. The second-order valence-corrected chi connectivity index (χ2v) is 4.74. The van der Waals surface area contributed by atoms with E-state index in [1.807, 2.05) is 0 Å². The summed E-state index contributed by atoms with van der Waals surface area (Å²) in [7, 11) is 0. The van der Waals surface area contributed by atoms with Crippen LogP contribution in [0.2, 0.25) is 5.02 Å². The van der Waals surface area contributed by atoms with Crippen molar-refractivity contribution in [2.45, 2.75) is 6.54 Å². The largest absolute Gasteiger partial charge is 0.396 e. The molecule has 2 heterocycles. The molecule has 5 nitrogen and oxygen atoms in total. The Morgan fingerprint density at radius 1 is 1.47 bits per heavy atom. The monoisotopic (exact) mass is 315 g/mol. The van der Waals surface area contributed by atoms with Crippen LogP contribution in [-0.4, -0.2) is 21.3 Å². The van der Waals surface area contributed by atoms with Crippen molar-refractivity contribution in [3.63, 3.8) is 0 Å². The van der Waals surface area contributed by atoms with Gasteiger partial charge in [0, 0.05) is 18.9 Å². The molecule has 0 aliphatic carbocycles.